The van der Waals surface area contributed by atoms with Gasteiger partial charge in [-0.15, -0.1) is 11.3 Å². The molecular weight excluding hydrogens is 350 g/mol. The molecule has 6 nitrogen and oxygen atoms in total. The Morgan fingerprint density at radius 3 is 2.46 bits per heavy atom. The van der Waals surface area contributed by atoms with Gasteiger partial charge in [-0.05, 0) is 30.7 Å². The van der Waals surface area contributed by atoms with E-state index < -0.39 is 0 Å². The van der Waals surface area contributed by atoms with Crippen LogP contribution in [0, 0.1) is 5.92 Å². The fourth-order valence-corrected chi connectivity index (χ4v) is 3.87. The molecule has 144 valence electrons. The molecular formula is C19H29N3O3S. The molecule has 0 atom stereocenters. The Morgan fingerprint density at radius 1 is 1.19 bits per heavy atom. The van der Waals surface area contributed by atoms with Crippen LogP contribution >= 0.6 is 11.3 Å². The number of likely N-dealkylation sites (N-methyl/N-ethyl adjacent to an activating group) is 1. The fourth-order valence-electron chi connectivity index (χ4n) is 3.16. The second-order valence-electron chi connectivity index (χ2n) is 6.91. The molecule has 0 bridgehead atoms. The number of hydrogen-bond acceptors (Lipinski definition) is 4. The van der Waals surface area contributed by atoms with Crippen molar-refractivity contribution in [3.8, 4) is 0 Å². The Bertz CT molecular complexity index is 610. The van der Waals surface area contributed by atoms with Crippen molar-refractivity contribution in [2.75, 3.05) is 40.3 Å². The van der Waals surface area contributed by atoms with E-state index in [-0.39, 0.29) is 30.2 Å². The van der Waals surface area contributed by atoms with Crippen molar-refractivity contribution in [1.29, 1.82) is 0 Å². The summed E-state index contributed by atoms with van der Waals surface area (Å²) in [5.74, 6) is 0.0144. The average Bonchev–Trinajstić information content (AvgIpc) is 3.19. The minimum Gasteiger partial charge on any atom is -0.346 e. The van der Waals surface area contributed by atoms with Crippen LogP contribution in [-0.4, -0.2) is 72.7 Å². The average molecular weight is 380 g/mol. The summed E-state index contributed by atoms with van der Waals surface area (Å²) in [6, 6.07) is 3.59. The molecule has 2 rings (SSSR count). The summed E-state index contributed by atoms with van der Waals surface area (Å²) in [7, 11) is 3.51. The number of unbranched alkanes of at least 4 members (excludes halogenated alkanes) is 1. The molecule has 0 aliphatic carbocycles. The van der Waals surface area contributed by atoms with Crippen LogP contribution in [0.1, 0.15) is 42.3 Å². The van der Waals surface area contributed by atoms with Gasteiger partial charge in [0.2, 0.25) is 11.8 Å². The number of rotatable bonds is 7. The number of piperidine rings is 1. The zero-order valence-corrected chi connectivity index (χ0v) is 16.8. The van der Waals surface area contributed by atoms with Crippen molar-refractivity contribution in [2.45, 2.75) is 32.6 Å². The first-order chi connectivity index (χ1) is 12.4. The summed E-state index contributed by atoms with van der Waals surface area (Å²) in [5, 5.41) is 1.85. The fraction of sp³-hybridized carbons (Fsp3) is 0.632. The van der Waals surface area contributed by atoms with Crippen LogP contribution in [0.5, 0.6) is 0 Å². The molecule has 3 amide bonds. The van der Waals surface area contributed by atoms with Gasteiger partial charge in [-0.2, -0.15) is 0 Å². The van der Waals surface area contributed by atoms with Gasteiger partial charge in [0, 0.05) is 39.6 Å². The quantitative estimate of drug-likeness (QED) is 0.730. The Hall–Kier alpha value is -1.89. The molecule has 1 aliphatic heterocycles. The predicted octanol–water partition coefficient (Wildman–Crippen LogP) is 2.32. The molecule has 0 saturated carbocycles. The second-order valence-corrected chi connectivity index (χ2v) is 7.85. The first-order valence-electron chi connectivity index (χ1n) is 9.25. The summed E-state index contributed by atoms with van der Waals surface area (Å²) in [6.07, 6.45) is 3.49. The van der Waals surface area contributed by atoms with Gasteiger partial charge in [-0.3, -0.25) is 14.4 Å². The third kappa shape index (κ3) is 5.30. The summed E-state index contributed by atoms with van der Waals surface area (Å²) < 4.78 is 0. The van der Waals surface area contributed by atoms with Gasteiger partial charge < -0.3 is 14.7 Å². The lowest BCUT2D eigenvalue weighted by molar-refractivity contribution is -0.140. The van der Waals surface area contributed by atoms with E-state index in [1.807, 2.05) is 23.4 Å². The van der Waals surface area contributed by atoms with E-state index in [0.29, 0.717) is 30.8 Å². The van der Waals surface area contributed by atoms with E-state index in [0.717, 1.165) is 19.4 Å². The number of likely N-dealkylation sites (tertiary alicyclic amines) is 1. The van der Waals surface area contributed by atoms with Crippen molar-refractivity contribution in [3.05, 3.63) is 22.4 Å². The zero-order valence-electron chi connectivity index (χ0n) is 15.9. The lowest BCUT2D eigenvalue weighted by Gasteiger charge is -2.34. The molecule has 0 N–H and O–H groups in total. The Labute approximate surface area is 159 Å². The lowest BCUT2D eigenvalue weighted by Crippen LogP contribution is -2.47. The third-order valence-electron chi connectivity index (χ3n) is 4.87. The maximum Gasteiger partial charge on any atom is 0.264 e. The molecule has 26 heavy (non-hydrogen) atoms. The van der Waals surface area contributed by atoms with E-state index >= 15 is 0 Å². The van der Waals surface area contributed by atoms with Crippen LogP contribution < -0.4 is 0 Å². The molecule has 1 aliphatic rings. The molecule has 1 saturated heterocycles. The number of thiophene rings is 1. The smallest absolute Gasteiger partial charge is 0.264 e. The van der Waals surface area contributed by atoms with Gasteiger partial charge in [-0.1, -0.05) is 19.4 Å². The second kappa shape index (κ2) is 9.71. The number of amides is 3. The lowest BCUT2D eigenvalue weighted by atomic mass is 9.95. The molecule has 0 aromatic carbocycles. The predicted molar refractivity (Wildman–Crippen MR) is 103 cm³/mol. The number of carbonyl (C=O) groups excluding carboxylic acids is 3. The molecule has 7 heteroatoms. The van der Waals surface area contributed by atoms with E-state index in [1.54, 1.807) is 18.0 Å². The van der Waals surface area contributed by atoms with Gasteiger partial charge >= 0.3 is 0 Å². The molecule has 1 fully saturated rings. The standard InChI is InChI=1S/C19H29N3O3S/c1-4-5-10-20(2)18(24)15-8-11-22(12-9-15)17(23)14-21(3)19(25)16-7-6-13-26-16/h6-7,13,15H,4-5,8-12,14H2,1-3H3. The van der Waals surface area contributed by atoms with Crippen LogP contribution in [0.4, 0.5) is 0 Å². The highest BCUT2D eigenvalue weighted by Crippen LogP contribution is 2.20. The van der Waals surface area contributed by atoms with Crippen molar-refractivity contribution in [3.63, 3.8) is 0 Å². The SMILES string of the molecule is CCCCN(C)C(=O)C1CCN(C(=O)CN(C)C(=O)c2cccs2)CC1. The van der Waals surface area contributed by atoms with Crippen molar-refractivity contribution >= 4 is 29.1 Å². The highest BCUT2D eigenvalue weighted by molar-refractivity contribution is 7.12. The first kappa shape index (κ1) is 20.4. The normalized spacial score (nSPS) is 15.0. The summed E-state index contributed by atoms with van der Waals surface area (Å²) in [6.45, 7) is 4.15. The van der Waals surface area contributed by atoms with Crippen LogP contribution in [0.15, 0.2) is 17.5 Å². The largest absolute Gasteiger partial charge is 0.346 e. The third-order valence-corrected chi connectivity index (χ3v) is 5.73. The maximum atomic E-state index is 12.5. The molecule has 0 unspecified atom stereocenters. The van der Waals surface area contributed by atoms with Gasteiger partial charge in [0.25, 0.3) is 5.91 Å². The van der Waals surface area contributed by atoms with Gasteiger partial charge in [0.15, 0.2) is 0 Å². The van der Waals surface area contributed by atoms with Crippen molar-refractivity contribution in [1.82, 2.24) is 14.7 Å². The van der Waals surface area contributed by atoms with E-state index in [1.165, 1.54) is 16.2 Å². The monoisotopic (exact) mass is 379 g/mol. The molecule has 0 radical (unpaired) electrons. The van der Waals surface area contributed by atoms with Crippen molar-refractivity contribution < 1.29 is 14.4 Å². The summed E-state index contributed by atoms with van der Waals surface area (Å²) >= 11 is 1.38. The zero-order chi connectivity index (χ0) is 19.1. The maximum absolute atomic E-state index is 12.5. The minimum atomic E-state index is -0.129. The van der Waals surface area contributed by atoms with Gasteiger partial charge in [0.1, 0.15) is 0 Å². The number of nitrogens with zero attached hydrogens (tertiary/aromatic N) is 3. The van der Waals surface area contributed by atoms with Gasteiger partial charge in [-0.25, -0.2) is 0 Å². The van der Waals surface area contributed by atoms with Gasteiger partial charge in [0.05, 0.1) is 11.4 Å². The Balaban J connectivity index is 1.79. The minimum absolute atomic E-state index is 0.00591. The van der Waals surface area contributed by atoms with Crippen LogP contribution in [0.2, 0.25) is 0 Å². The number of hydrogen-bond donors (Lipinski definition) is 0. The van der Waals surface area contributed by atoms with Crippen LogP contribution in [0.3, 0.4) is 0 Å². The highest BCUT2D eigenvalue weighted by atomic mass is 32.1. The molecule has 1 aromatic rings. The van der Waals surface area contributed by atoms with Crippen LogP contribution in [0.25, 0.3) is 0 Å². The van der Waals surface area contributed by atoms with E-state index in [9.17, 15) is 14.4 Å². The van der Waals surface area contributed by atoms with E-state index in [4.69, 9.17) is 0 Å². The van der Waals surface area contributed by atoms with Crippen LogP contribution in [-0.2, 0) is 9.59 Å². The number of carbonyl (C=O) groups is 3. The molecule has 1 aromatic heterocycles. The van der Waals surface area contributed by atoms with Crippen molar-refractivity contribution in [2.24, 2.45) is 5.92 Å². The van der Waals surface area contributed by atoms with E-state index in [2.05, 4.69) is 6.92 Å². The topological polar surface area (TPSA) is 60.9 Å². The summed E-state index contributed by atoms with van der Waals surface area (Å²) in [5.41, 5.74) is 0. The molecule has 2 heterocycles. The molecule has 0 spiro atoms. The first-order valence-corrected chi connectivity index (χ1v) is 10.1. The highest BCUT2D eigenvalue weighted by Gasteiger charge is 2.29. The summed E-state index contributed by atoms with van der Waals surface area (Å²) in [4.78, 5) is 42.9. The Kier molecular flexibility index (Phi) is 7.63. The Morgan fingerprint density at radius 2 is 1.88 bits per heavy atom.